The van der Waals surface area contributed by atoms with Gasteiger partial charge in [0.25, 0.3) is 5.56 Å². The van der Waals surface area contributed by atoms with Crippen molar-refractivity contribution >= 4 is 5.97 Å². The lowest BCUT2D eigenvalue weighted by atomic mass is 10.1. The molecule has 2 aromatic rings. The Balaban J connectivity index is 2.17. The van der Waals surface area contributed by atoms with Gasteiger partial charge in [-0.2, -0.15) is 0 Å². The van der Waals surface area contributed by atoms with Gasteiger partial charge in [-0.15, -0.1) is 0 Å². The molecule has 2 N–H and O–H groups in total. The summed E-state index contributed by atoms with van der Waals surface area (Å²) in [5.41, 5.74) is 1.02. The van der Waals surface area contributed by atoms with Crippen LogP contribution in [0.25, 0.3) is 11.4 Å². The first-order chi connectivity index (χ1) is 10.1. The highest BCUT2D eigenvalue weighted by Crippen LogP contribution is 2.15. The third-order valence-corrected chi connectivity index (χ3v) is 3.33. The molecule has 0 aliphatic rings. The summed E-state index contributed by atoms with van der Waals surface area (Å²) in [5, 5.41) is 8.81. The molecule has 1 aromatic heterocycles. The number of benzene rings is 1. The summed E-state index contributed by atoms with van der Waals surface area (Å²) in [6, 6.07) is 7.80. The molecule has 0 atom stereocenters. The summed E-state index contributed by atoms with van der Waals surface area (Å²) in [6.45, 7) is 2.17. The number of unbranched alkanes of at least 4 members (excludes halogenated alkanes) is 2. The lowest BCUT2D eigenvalue weighted by Gasteiger charge is -2.04. The molecule has 0 aliphatic carbocycles. The number of aryl methyl sites for hydroxylation is 1. The Labute approximate surface area is 122 Å². The van der Waals surface area contributed by atoms with Gasteiger partial charge in [0, 0.05) is 11.8 Å². The second-order valence-electron chi connectivity index (χ2n) is 4.93. The minimum absolute atomic E-state index is 0.352. The van der Waals surface area contributed by atoms with Crippen molar-refractivity contribution < 1.29 is 9.90 Å². The van der Waals surface area contributed by atoms with E-state index in [9.17, 15) is 9.59 Å². The van der Waals surface area contributed by atoms with E-state index in [-0.39, 0.29) is 5.56 Å². The number of nitrogens with zero attached hydrogens (tertiary/aromatic N) is 1. The monoisotopic (exact) mass is 286 g/mol. The maximum atomic E-state index is 11.6. The molecule has 0 saturated heterocycles. The number of aromatic amines is 1. The molecule has 0 spiro atoms. The molecule has 0 saturated carbocycles. The Morgan fingerprint density at radius 2 is 1.95 bits per heavy atom. The summed E-state index contributed by atoms with van der Waals surface area (Å²) in [7, 11) is 0. The second kappa shape index (κ2) is 6.83. The predicted octanol–water partition coefficient (Wildman–Crippen LogP) is 2.87. The van der Waals surface area contributed by atoms with Crippen LogP contribution < -0.4 is 5.56 Å². The molecule has 5 heteroatoms. The van der Waals surface area contributed by atoms with Gasteiger partial charge in [-0.3, -0.25) is 4.79 Å². The molecule has 2 rings (SSSR count). The molecule has 0 bridgehead atoms. The van der Waals surface area contributed by atoms with Gasteiger partial charge in [-0.05, 0) is 18.4 Å². The van der Waals surface area contributed by atoms with Crippen LogP contribution in [0.15, 0.2) is 35.3 Å². The van der Waals surface area contributed by atoms with Crippen LogP contribution in [0.5, 0.6) is 0 Å². The molecule has 0 fully saturated rings. The quantitative estimate of drug-likeness (QED) is 0.800. The van der Waals surface area contributed by atoms with Gasteiger partial charge >= 0.3 is 5.97 Å². The van der Waals surface area contributed by atoms with E-state index in [0.717, 1.165) is 24.6 Å². The molecule has 5 nitrogen and oxygen atoms in total. The SMILES string of the molecule is CCCCCc1ccc(-c2ncc(C(=O)O)c(=O)[nH]2)cc1. The van der Waals surface area contributed by atoms with Crippen molar-refractivity contribution in [3.63, 3.8) is 0 Å². The standard InChI is InChI=1S/C16H18N2O3/c1-2-3-4-5-11-6-8-12(9-7-11)14-17-10-13(16(20)21)15(19)18-14/h6-10H,2-5H2,1H3,(H,20,21)(H,17,18,19). The van der Waals surface area contributed by atoms with E-state index in [2.05, 4.69) is 16.9 Å². The van der Waals surface area contributed by atoms with Crippen LogP contribution in [-0.4, -0.2) is 21.0 Å². The fourth-order valence-corrected chi connectivity index (χ4v) is 2.10. The van der Waals surface area contributed by atoms with Crippen LogP contribution in [0.2, 0.25) is 0 Å². The normalized spacial score (nSPS) is 10.5. The zero-order valence-electron chi connectivity index (χ0n) is 11.9. The Morgan fingerprint density at radius 1 is 1.24 bits per heavy atom. The highest BCUT2D eigenvalue weighted by atomic mass is 16.4. The van der Waals surface area contributed by atoms with Crippen molar-refractivity contribution in [2.75, 3.05) is 0 Å². The zero-order chi connectivity index (χ0) is 15.2. The lowest BCUT2D eigenvalue weighted by molar-refractivity contribution is 0.0694. The third-order valence-electron chi connectivity index (χ3n) is 3.33. The largest absolute Gasteiger partial charge is 0.477 e. The van der Waals surface area contributed by atoms with Crippen molar-refractivity contribution in [2.45, 2.75) is 32.6 Å². The highest BCUT2D eigenvalue weighted by molar-refractivity contribution is 5.86. The van der Waals surface area contributed by atoms with Gasteiger partial charge < -0.3 is 10.1 Å². The molecule has 1 aromatic carbocycles. The fourth-order valence-electron chi connectivity index (χ4n) is 2.10. The first kappa shape index (κ1) is 15.0. The van der Waals surface area contributed by atoms with E-state index in [1.54, 1.807) is 0 Å². The van der Waals surface area contributed by atoms with Crippen LogP contribution in [0.3, 0.4) is 0 Å². The number of aromatic nitrogens is 2. The first-order valence-electron chi connectivity index (χ1n) is 7.03. The number of rotatable bonds is 6. The molecule has 0 unspecified atom stereocenters. The number of nitrogens with one attached hydrogen (secondary N) is 1. The van der Waals surface area contributed by atoms with Crippen molar-refractivity contribution in [1.29, 1.82) is 0 Å². The summed E-state index contributed by atoms with van der Waals surface area (Å²) in [6.07, 6.45) is 5.70. The van der Waals surface area contributed by atoms with Crippen molar-refractivity contribution in [2.24, 2.45) is 0 Å². The number of carbonyl (C=O) groups is 1. The Bertz CT molecular complexity index is 675. The van der Waals surface area contributed by atoms with Gasteiger partial charge in [0.2, 0.25) is 0 Å². The summed E-state index contributed by atoms with van der Waals surface area (Å²) < 4.78 is 0. The van der Waals surface area contributed by atoms with Gasteiger partial charge in [0.05, 0.1) is 0 Å². The number of carboxylic acid groups (broad SMARTS) is 1. The minimum atomic E-state index is -1.28. The molecular formula is C16H18N2O3. The average molecular weight is 286 g/mol. The van der Waals surface area contributed by atoms with Crippen LogP contribution in [0, 0.1) is 0 Å². The van der Waals surface area contributed by atoms with Crippen molar-refractivity contribution in [1.82, 2.24) is 9.97 Å². The van der Waals surface area contributed by atoms with Gasteiger partial charge in [-0.1, -0.05) is 44.0 Å². The number of H-pyrrole nitrogens is 1. The van der Waals surface area contributed by atoms with E-state index in [4.69, 9.17) is 5.11 Å². The Kier molecular flexibility index (Phi) is 4.87. The number of hydrogen-bond donors (Lipinski definition) is 2. The first-order valence-corrected chi connectivity index (χ1v) is 7.03. The summed E-state index contributed by atoms with van der Waals surface area (Å²) in [4.78, 5) is 28.9. The lowest BCUT2D eigenvalue weighted by Crippen LogP contribution is -2.18. The number of carboxylic acids is 1. The molecular weight excluding hydrogens is 268 g/mol. The van der Waals surface area contributed by atoms with Crippen LogP contribution in [0.4, 0.5) is 0 Å². The maximum Gasteiger partial charge on any atom is 0.342 e. The minimum Gasteiger partial charge on any atom is -0.477 e. The summed E-state index contributed by atoms with van der Waals surface area (Å²) >= 11 is 0. The smallest absolute Gasteiger partial charge is 0.342 e. The van der Waals surface area contributed by atoms with Crippen LogP contribution in [0.1, 0.15) is 42.1 Å². The molecule has 0 aliphatic heterocycles. The summed E-state index contributed by atoms with van der Waals surface area (Å²) in [5.74, 6) is -0.897. The van der Waals surface area contributed by atoms with E-state index in [1.807, 2.05) is 24.3 Å². The average Bonchev–Trinajstić information content (AvgIpc) is 2.48. The topological polar surface area (TPSA) is 83.0 Å². The van der Waals surface area contributed by atoms with E-state index < -0.39 is 11.5 Å². The maximum absolute atomic E-state index is 11.6. The molecule has 0 radical (unpaired) electrons. The zero-order valence-corrected chi connectivity index (χ0v) is 11.9. The van der Waals surface area contributed by atoms with E-state index >= 15 is 0 Å². The molecule has 110 valence electrons. The Hall–Kier alpha value is -2.43. The van der Waals surface area contributed by atoms with E-state index in [1.165, 1.54) is 18.4 Å². The van der Waals surface area contributed by atoms with Gasteiger partial charge in [0.1, 0.15) is 11.4 Å². The van der Waals surface area contributed by atoms with Crippen LogP contribution >= 0.6 is 0 Å². The third kappa shape index (κ3) is 3.78. The van der Waals surface area contributed by atoms with Crippen molar-refractivity contribution in [3.8, 4) is 11.4 Å². The number of hydrogen-bond acceptors (Lipinski definition) is 3. The fraction of sp³-hybridized carbons (Fsp3) is 0.312. The van der Waals surface area contributed by atoms with Crippen LogP contribution in [-0.2, 0) is 6.42 Å². The van der Waals surface area contributed by atoms with Gasteiger partial charge in [0.15, 0.2) is 0 Å². The Morgan fingerprint density at radius 3 is 2.52 bits per heavy atom. The van der Waals surface area contributed by atoms with E-state index in [0.29, 0.717) is 5.82 Å². The van der Waals surface area contributed by atoms with Gasteiger partial charge in [-0.25, -0.2) is 9.78 Å². The highest BCUT2D eigenvalue weighted by Gasteiger charge is 2.10. The second-order valence-corrected chi connectivity index (χ2v) is 4.93. The van der Waals surface area contributed by atoms with Crippen molar-refractivity contribution in [3.05, 3.63) is 51.9 Å². The molecule has 21 heavy (non-hydrogen) atoms. The predicted molar refractivity (Wildman–Crippen MR) is 80.5 cm³/mol. The molecule has 0 amide bonds. The number of aromatic carboxylic acids is 1. The molecule has 1 heterocycles.